The Balaban J connectivity index is 1.42. The summed E-state index contributed by atoms with van der Waals surface area (Å²) in [6.07, 6.45) is 1.51. The lowest BCUT2D eigenvalue weighted by Crippen LogP contribution is -2.30. The summed E-state index contributed by atoms with van der Waals surface area (Å²) >= 11 is 0. The molecular formula is C17H14N4O4. The van der Waals surface area contributed by atoms with Crippen LogP contribution in [-0.4, -0.2) is 27.2 Å². The van der Waals surface area contributed by atoms with Gasteiger partial charge in [-0.15, -0.1) is 0 Å². The van der Waals surface area contributed by atoms with Crippen LogP contribution in [0.25, 0.3) is 22.6 Å². The molecule has 0 spiro atoms. The fraction of sp³-hybridized carbons (Fsp3) is 0.118. The molecular weight excluding hydrogens is 324 g/mol. The maximum atomic E-state index is 12.1. The number of benzene rings is 1. The zero-order valence-corrected chi connectivity index (χ0v) is 13.1. The highest BCUT2D eigenvalue weighted by atomic mass is 16.5. The third-order valence-corrected chi connectivity index (χ3v) is 3.81. The Morgan fingerprint density at radius 1 is 1.20 bits per heavy atom. The van der Waals surface area contributed by atoms with E-state index in [1.165, 1.54) is 12.3 Å². The minimum atomic E-state index is -0.380. The lowest BCUT2D eigenvalue weighted by Gasteiger charge is -2.04. The number of H-pyrrole nitrogens is 1. The minimum absolute atomic E-state index is 0.151. The molecule has 1 aromatic carbocycles. The van der Waals surface area contributed by atoms with Crippen molar-refractivity contribution < 1.29 is 13.7 Å². The summed E-state index contributed by atoms with van der Waals surface area (Å²) in [6.45, 7) is 0.626. The van der Waals surface area contributed by atoms with Crippen molar-refractivity contribution in [2.45, 2.75) is 6.54 Å². The van der Waals surface area contributed by atoms with E-state index in [1.807, 2.05) is 24.3 Å². The van der Waals surface area contributed by atoms with Gasteiger partial charge in [0, 0.05) is 19.2 Å². The van der Waals surface area contributed by atoms with Crippen LogP contribution in [0.2, 0.25) is 0 Å². The second-order valence-corrected chi connectivity index (χ2v) is 5.41. The van der Waals surface area contributed by atoms with Crippen LogP contribution < -0.4 is 11.0 Å². The average Bonchev–Trinajstić information content (AvgIpc) is 3.34. The second-order valence-electron chi connectivity index (χ2n) is 5.41. The molecule has 25 heavy (non-hydrogen) atoms. The predicted octanol–water partition coefficient (Wildman–Crippen LogP) is 2.01. The van der Waals surface area contributed by atoms with Crippen molar-refractivity contribution in [3.63, 3.8) is 0 Å². The molecule has 126 valence electrons. The number of carbonyl (C=O) groups excluding carboxylic acids is 1. The molecule has 2 N–H and O–H groups in total. The number of nitrogens with zero attached hydrogens (tertiary/aromatic N) is 2. The number of amides is 1. The van der Waals surface area contributed by atoms with E-state index in [0.717, 1.165) is 11.0 Å². The molecule has 0 fully saturated rings. The lowest BCUT2D eigenvalue weighted by atomic mass is 10.3. The predicted molar refractivity (Wildman–Crippen MR) is 89.1 cm³/mol. The first-order valence-electron chi connectivity index (χ1n) is 7.69. The summed E-state index contributed by atoms with van der Waals surface area (Å²) in [5, 5.41) is 6.46. The first kappa shape index (κ1) is 15.0. The van der Waals surface area contributed by atoms with Crippen molar-refractivity contribution in [2.24, 2.45) is 0 Å². The van der Waals surface area contributed by atoms with Crippen molar-refractivity contribution in [1.29, 1.82) is 0 Å². The van der Waals surface area contributed by atoms with Crippen LogP contribution in [0.1, 0.15) is 10.5 Å². The van der Waals surface area contributed by atoms with Crippen LogP contribution in [0.4, 0.5) is 0 Å². The van der Waals surface area contributed by atoms with E-state index in [1.54, 1.807) is 16.7 Å². The van der Waals surface area contributed by atoms with Gasteiger partial charge in [0.05, 0.1) is 17.3 Å². The molecule has 0 aliphatic heterocycles. The topological polar surface area (TPSA) is 106 Å². The molecule has 0 radical (unpaired) electrons. The molecule has 0 saturated carbocycles. The number of hydrogen-bond donors (Lipinski definition) is 2. The molecule has 3 heterocycles. The summed E-state index contributed by atoms with van der Waals surface area (Å²) in [5.41, 5.74) is 1.50. The first-order chi connectivity index (χ1) is 12.2. The number of nitrogens with one attached hydrogen (secondary N) is 2. The van der Waals surface area contributed by atoms with Crippen LogP contribution in [-0.2, 0) is 6.54 Å². The third kappa shape index (κ3) is 2.85. The Morgan fingerprint density at radius 2 is 2.08 bits per heavy atom. The summed E-state index contributed by atoms with van der Waals surface area (Å²) in [7, 11) is 0. The zero-order chi connectivity index (χ0) is 17.2. The number of carbonyl (C=O) groups is 1. The van der Waals surface area contributed by atoms with Crippen molar-refractivity contribution in [3.05, 3.63) is 64.9 Å². The quantitative estimate of drug-likeness (QED) is 0.579. The highest BCUT2D eigenvalue weighted by molar-refractivity contribution is 5.92. The van der Waals surface area contributed by atoms with Crippen LogP contribution in [0, 0.1) is 0 Å². The molecule has 8 nitrogen and oxygen atoms in total. The van der Waals surface area contributed by atoms with Gasteiger partial charge in [0.2, 0.25) is 5.76 Å². The fourth-order valence-electron chi connectivity index (χ4n) is 2.62. The molecule has 0 aliphatic carbocycles. The van der Waals surface area contributed by atoms with Gasteiger partial charge in [0.1, 0.15) is 0 Å². The molecule has 0 aliphatic rings. The fourth-order valence-corrected chi connectivity index (χ4v) is 2.62. The maximum absolute atomic E-state index is 12.1. The average molecular weight is 338 g/mol. The van der Waals surface area contributed by atoms with E-state index < -0.39 is 0 Å². The number of imidazole rings is 1. The van der Waals surface area contributed by atoms with Gasteiger partial charge in [-0.2, -0.15) is 0 Å². The van der Waals surface area contributed by atoms with Crippen LogP contribution >= 0.6 is 0 Å². The van der Waals surface area contributed by atoms with Gasteiger partial charge in [-0.3, -0.25) is 9.36 Å². The van der Waals surface area contributed by atoms with Gasteiger partial charge in [-0.05, 0) is 24.3 Å². The van der Waals surface area contributed by atoms with Gasteiger partial charge < -0.3 is 19.2 Å². The lowest BCUT2D eigenvalue weighted by molar-refractivity contribution is 0.0943. The van der Waals surface area contributed by atoms with Crippen LogP contribution in [0.5, 0.6) is 0 Å². The van der Waals surface area contributed by atoms with Gasteiger partial charge in [0.15, 0.2) is 11.5 Å². The van der Waals surface area contributed by atoms with Gasteiger partial charge in [-0.1, -0.05) is 17.3 Å². The molecule has 8 heteroatoms. The van der Waals surface area contributed by atoms with Gasteiger partial charge in [0.25, 0.3) is 5.91 Å². The van der Waals surface area contributed by atoms with E-state index in [0.29, 0.717) is 18.1 Å². The maximum Gasteiger partial charge on any atom is 0.326 e. The zero-order valence-electron chi connectivity index (χ0n) is 13.1. The molecule has 3 aromatic heterocycles. The number of furan rings is 1. The summed E-state index contributed by atoms with van der Waals surface area (Å²) in [6, 6.07) is 12.3. The van der Waals surface area contributed by atoms with E-state index in [4.69, 9.17) is 8.94 Å². The van der Waals surface area contributed by atoms with Crippen LogP contribution in [0.3, 0.4) is 0 Å². The summed E-state index contributed by atoms with van der Waals surface area (Å²) in [4.78, 5) is 26.9. The molecule has 0 unspecified atom stereocenters. The normalized spacial score (nSPS) is 11.0. The highest BCUT2D eigenvalue weighted by Crippen LogP contribution is 2.20. The molecule has 0 saturated heterocycles. The molecule has 1 amide bonds. The van der Waals surface area contributed by atoms with Crippen molar-refractivity contribution in [3.8, 4) is 11.5 Å². The van der Waals surface area contributed by atoms with Crippen LogP contribution in [0.15, 0.2) is 62.5 Å². The van der Waals surface area contributed by atoms with E-state index >= 15 is 0 Å². The molecule has 4 aromatic rings. The van der Waals surface area contributed by atoms with Gasteiger partial charge in [-0.25, -0.2) is 4.79 Å². The number of aromatic amines is 1. The second kappa shape index (κ2) is 6.16. The van der Waals surface area contributed by atoms with E-state index in [9.17, 15) is 9.59 Å². The van der Waals surface area contributed by atoms with Crippen molar-refractivity contribution in [2.75, 3.05) is 6.54 Å². The Morgan fingerprint density at radius 3 is 2.92 bits per heavy atom. The first-order valence-corrected chi connectivity index (χ1v) is 7.69. The summed E-state index contributed by atoms with van der Waals surface area (Å²) < 4.78 is 11.9. The number of hydrogen-bond acceptors (Lipinski definition) is 5. The monoisotopic (exact) mass is 338 g/mol. The number of rotatable bonds is 5. The molecule has 0 bridgehead atoms. The Bertz CT molecular complexity index is 1070. The van der Waals surface area contributed by atoms with E-state index in [-0.39, 0.29) is 23.8 Å². The Hall–Kier alpha value is -3.55. The molecule has 4 rings (SSSR count). The summed E-state index contributed by atoms with van der Waals surface area (Å²) in [5.74, 6) is 0.495. The van der Waals surface area contributed by atoms with Crippen molar-refractivity contribution in [1.82, 2.24) is 20.0 Å². The highest BCUT2D eigenvalue weighted by Gasteiger charge is 2.15. The number of para-hydroxylation sites is 2. The number of aromatic nitrogens is 3. The third-order valence-electron chi connectivity index (χ3n) is 3.81. The minimum Gasteiger partial charge on any atom is -0.461 e. The smallest absolute Gasteiger partial charge is 0.326 e. The standard InChI is InChI=1S/C17H14N4O4/c22-16(12-10-15(25-20-12)14-6-3-9-24-14)18-7-8-21-13-5-2-1-4-11(13)19-17(21)23/h1-6,9-10H,7-8H2,(H,18,22)(H,19,23). The largest absolute Gasteiger partial charge is 0.461 e. The SMILES string of the molecule is O=C(NCCn1c(=O)[nH]c2ccccc21)c1cc(-c2ccco2)on1. The van der Waals surface area contributed by atoms with Gasteiger partial charge >= 0.3 is 5.69 Å². The Kier molecular flexibility index (Phi) is 3.70. The number of fused-ring (bicyclic) bond motifs is 1. The Labute approximate surface area is 141 Å². The van der Waals surface area contributed by atoms with Crippen molar-refractivity contribution >= 4 is 16.9 Å². The molecule has 0 atom stereocenters. The van der Waals surface area contributed by atoms with E-state index in [2.05, 4.69) is 15.5 Å².